The molecule has 0 atom stereocenters. The molecule has 0 bridgehead atoms. The molecule has 0 radical (unpaired) electrons. The number of nitrogens with zero attached hydrogens (tertiary/aromatic N) is 4. The molecule has 0 unspecified atom stereocenters. The molecular weight excluding hydrogens is 352 g/mol. The fourth-order valence-corrected chi connectivity index (χ4v) is 4.26. The van der Waals surface area contributed by atoms with Crippen LogP contribution in [0.25, 0.3) is 0 Å². The Morgan fingerprint density at radius 3 is 2.46 bits per heavy atom. The van der Waals surface area contributed by atoms with Gasteiger partial charge in [-0.2, -0.15) is 0 Å². The Morgan fingerprint density at radius 2 is 1.75 bits per heavy atom. The van der Waals surface area contributed by atoms with Crippen molar-refractivity contribution in [2.24, 2.45) is 5.41 Å². The van der Waals surface area contributed by atoms with Gasteiger partial charge >= 0.3 is 0 Å². The van der Waals surface area contributed by atoms with Crippen LogP contribution >= 0.6 is 0 Å². The summed E-state index contributed by atoms with van der Waals surface area (Å²) in [6.07, 6.45) is 1.40. The second-order valence-electron chi connectivity index (χ2n) is 8.55. The van der Waals surface area contributed by atoms with E-state index in [0.717, 1.165) is 61.2 Å². The maximum atomic E-state index is 12.6. The average molecular weight is 380 g/mol. The molecule has 1 saturated heterocycles. The quantitative estimate of drug-likeness (QED) is 0.815. The van der Waals surface area contributed by atoms with Crippen molar-refractivity contribution in [3.63, 3.8) is 0 Å². The van der Waals surface area contributed by atoms with Gasteiger partial charge in [-0.15, -0.1) is 0 Å². The van der Waals surface area contributed by atoms with Crippen LogP contribution in [0.2, 0.25) is 0 Å². The molecule has 0 saturated carbocycles. The summed E-state index contributed by atoms with van der Waals surface area (Å²) in [5.41, 5.74) is 3.62. The van der Waals surface area contributed by atoms with Crippen LogP contribution in [-0.4, -0.2) is 49.0 Å². The summed E-state index contributed by atoms with van der Waals surface area (Å²) in [7, 11) is 1.69. The number of methoxy groups -OCH3 is 1. The van der Waals surface area contributed by atoms with Gasteiger partial charge in [0.15, 0.2) is 5.78 Å². The summed E-state index contributed by atoms with van der Waals surface area (Å²) in [6, 6.07) is 8.18. The van der Waals surface area contributed by atoms with Crippen molar-refractivity contribution in [2.45, 2.75) is 33.6 Å². The van der Waals surface area contributed by atoms with E-state index in [2.05, 4.69) is 40.8 Å². The molecule has 1 aliphatic carbocycles. The number of aryl methyl sites for hydroxylation is 1. The number of rotatable bonds is 3. The van der Waals surface area contributed by atoms with Crippen LogP contribution in [0.5, 0.6) is 5.75 Å². The third-order valence-corrected chi connectivity index (χ3v) is 5.70. The Bertz CT molecular complexity index is 901. The lowest BCUT2D eigenvalue weighted by molar-refractivity contribution is 0.0909. The van der Waals surface area contributed by atoms with Crippen molar-refractivity contribution in [1.82, 2.24) is 9.97 Å². The van der Waals surface area contributed by atoms with E-state index in [-0.39, 0.29) is 11.2 Å². The largest absolute Gasteiger partial charge is 0.497 e. The number of aromatic nitrogens is 2. The minimum absolute atomic E-state index is 0.0345. The summed E-state index contributed by atoms with van der Waals surface area (Å²) >= 11 is 0. The van der Waals surface area contributed by atoms with Crippen molar-refractivity contribution in [3.05, 3.63) is 41.2 Å². The standard InChI is InChI=1S/C22H28N4O2/c1-15-20-18(13-22(2,3)14-19(20)27)24-21(23-15)26-10-8-25(9-11-26)16-6-5-7-17(12-16)28-4/h5-7,12H,8-11,13-14H2,1-4H3. The smallest absolute Gasteiger partial charge is 0.225 e. The minimum Gasteiger partial charge on any atom is -0.497 e. The maximum Gasteiger partial charge on any atom is 0.225 e. The van der Waals surface area contributed by atoms with E-state index in [1.54, 1.807) is 7.11 Å². The molecule has 0 N–H and O–H groups in total. The lowest BCUT2D eigenvalue weighted by Gasteiger charge is -2.37. The fourth-order valence-electron chi connectivity index (χ4n) is 4.26. The van der Waals surface area contributed by atoms with Crippen molar-refractivity contribution in [3.8, 4) is 5.75 Å². The van der Waals surface area contributed by atoms with Gasteiger partial charge in [0.05, 0.1) is 24.1 Å². The molecule has 148 valence electrons. The molecule has 4 rings (SSSR count). The lowest BCUT2D eigenvalue weighted by Crippen LogP contribution is -2.47. The van der Waals surface area contributed by atoms with Gasteiger partial charge in [0.2, 0.25) is 5.95 Å². The van der Waals surface area contributed by atoms with Crippen LogP contribution in [0, 0.1) is 12.3 Å². The predicted octanol–water partition coefficient (Wildman–Crippen LogP) is 3.28. The summed E-state index contributed by atoms with van der Waals surface area (Å²) < 4.78 is 5.34. The van der Waals surface area contributed by atoms with Crippen molar-refractivity contribution < 1.29 is 9.53 Å². The zero-order valence-electron chi connectivity index (χ0n) is 17.2. The fraction of sp³-hybridized carbons (Fsp3) is 0.500. The Labute approximate surface area is 166 Å². The van der Waals surface area contributed by atoms with Crippen LogP contribution < -0.4 is 14.5 Å². The first kappa shape index (κ1) is 18.7. The number of anilines is 2. The summed E-state index contributed by atoms with van der Waals surface area (Å²) in [5.74, 6) is 1.81. The Balaban J connectivity index is 1.52. The number of ketones is 1. The number of piperazine rings is 1. The van der Waals surface area contributed by atoms with Crippen LogP contribution in [0.3, 0.4) is 0 Å². The highest BCUT2D eigenvalue weighted by molar-refractivity contribution is 5.99. The summed E-state index contributed by atoms with van der Waals surface area (Å²) in [4.78, 5) is 26.7. The number of Topliss-reactive ketones (excluding diaryl/α,β-unsaturated/α-hetero) is 1. The lowest BCUT2D eigenvalue weighted by atomic mass is 9.75. The zero-order chi connectivity index (χ0) is 19.9. The average Bonchev–Trinajstić information content (AvgIpc) is 2.66. The van der Waals surface area contributed by atoms with Crippen LogP contribution in [0.15, 0.2) is 24.3 Å². The van der Waals surface area contributed by atoms with Gasteiger partial charge in [0.25, 0.3) is 0 Å². The SMILES string of the molecule is COc1cccc(N2CCN(c3nc(C)c4c(n3)CC(C)(C)CC4=O)CC2)c1. The summed E-state index contributed by atoms with van der Waals surface area (Å²) in [5, 5.41) is 0. The third-order valence-electron chi connectivity index (χ3n) is 5.70. The third kappa shape index (κ3) is 3.55. The normalized spacial score (nSPS) is 18.8. The zero-order valence-corrected chi connectivity index (χ0v) is 17.2. The number of benzene rings is 1. The van der Waals surface area contributed by atoms with E-state index < -0.39 is 0 Å². The number of hydrogen-bond acceptors (Lipinski definition) is 6. The molecule has 1 aromatic carbocycles. The predicted molar refractivity (Wildman–Crippen MR) is 111 cm³/mol. The van der Waals surface area contributed by atoms with Crippen molar-refractivity contribution in [1.29, 1.82) is 0 Å². The Kier molecular flexibility index (Phi) is 4.73. The highest BCUT2D eigenvalue weighted by Gasteiger charge is 2.34. The van der Waals surface area contributed by atoms with Crippen molar-refractivity contribution >= 4 is 17.4 Å². The number of carbonyl (C=O) groups is 1. The number of hydrogen-bond donors (Lipinski definition) is 0. The van der Waals surface area contributed by atoms with Gasteiger partial charge in [-0.25, -0.2) is 9.97 Å². The highest BCUT2D eigenvalue weighted by Crippen LogP contribution is 2.35. The van der Waals surface area contributed by atoms with Crippen LogP contribution in [0.4, 0.5) is 11.6 Å². The van der Waals surface area contributed by atoms with E-state index in [1.165, 1.54) is 5.69 Å². The molecule has 28 heavy (non-hydrogen) atoms. The topological polar surface area (TPSA) is 58.6 Å². The first-order chi connectivity index (χ1) is 13.4. The molecule has 1 aliphatic heterocycles. The first-order valence-corrected chi connectivity index (χ1v) is 9.91. The summed E-state index contributed by atoms with van der Waals surface area (Å²) in [6.45, 7) is 9.72. The molecule has 0 amide bonds. The molecule has 2 aliphatic rings. The van der Waals surface area contributed by atoms with Crippen LogP contribution in [0.1, 0.15) is 42.0 Å². The van der Waals surface area contributed by atoms with Gasteiger partial charge in [0, 0.05) is 44.4 Å². The highest BCUT2D eigenvalue weighted by atomic mass is 16.5. The van der Waals surface area contributed by atoms with Crippen LogP contribution in [-0.2, 0) is 6.42 Å². The van der Waals surface area contributed by atoms with E-state index in [0.29, 0.717) is 6.42 Å². The van der Waals surface area contributed by atoms with E-state index in [4.69, 9.17) is 9.72 Å². The number of carbonyl (C=O) groups excluding carboxylic acids is 1. The molecule has 2 heterocycles. The molecule has 1 fully saturated rings. The molecule has 6 nitrogen and oxygen atoms in total. The molecule has 2 aromatic rings. The molecule has 1 aromatic heterocycles. The minimum atomic E-state index is -0.0345. The van der Waals surface area contributed by atoms with E-state index in [9.17, 15) is 4.79 Å². The number of fused-ring (bicyclic) bond motifs is 1. The van der Waals surface area contributed by atoms with Crippen molar-refractivity contribution in [2.75, 3.05) is 43.1 Å². The van der Waals surface area contributed by atoms with E-state index in [1.807, 2.05) is 19.1 Å². The van der Waals surface area contributed by atoms with Gasteiger partial charge in [-0.1, -0.05) is 19.9 Å². The molecule has 0 spiro atoms. The van der Waals surface area contributed by atoms with Gasteiger partial charge in [-0.05, 0) is 30.9 Å². The van der Waals surface area contributed by atoms with E-state index >= 15 is 0 Å². The number of ether oxygens (including phenoxy) is 1. The first-order valence-electron chi connectivity index (χ1n) is 9.91. The Morgan fingerprint density at radius 1 is 1.04 bits per heavy atom. The molecule has 6 heteroatoms. The second-order valence-corrected chi connectivity index (χ2v) is 8.55. The van der Waals surface area contributed by atoms with Gasteiger partial charge < -0.3 is 14.5 Å². The maximum absolute atomic E-state index is 12.6. The Hall–Kier alpha value is -2.63. The second kappa shape index (κ2) is 7.08. The van der Waals surface area contributed by atoms with Gasteiger partial charge in [-0.3, -0.25) is 4.79 Å². The van der Waals surface area contributed by atoms with Gasteiger partial charge in [0.1, 0.15) is 5.75 Å². The molecular formula is C22H28N4O2. The monoisotopic (exact) mass is 380 g/mol.